The fourth-order valence-electron chi connectivity index (χ4n) is 1.49. The average Bonchev–Trinajstić information content (AvgIpc) is 2.24. The Labute approximate surface area is 109 Å². The zero-order valence-corrected chi connectivity index (χ0v) is 11.8. The topological polar surface area (TPSA) is 69.4 Å². The Hall–Kier alpha value is -1.33. The SMILES string of the molecule is C=C(C)COc1ccc(S(N)(=O)=O)cc1C(C)C. The molecule has 100 valence electrons. The van der Waals surface area contributed by atoms with Crippen molar-refractivity contribution in [2.24, 2.45) is 5.14 Å². The van der Waals surface area contributed by atoms with Gasteiger partial charge in [0.05, 0.1) is 4.90 Å². The van der Waals surface area contributed by atoms with Crippen LogP contribution in [0.25, 0.3) is 0 Å². The van der Waals surface area contributed by atoms with Crippen LogP contribution in [0.2, 0.25) is 0 Å². The van der Waals surface area contributed by atoms with Crippen LogP contribution in [0.4, 0.5) is 0 Å². The molecule has 0 fully saturated rings. The predicted molar refractivity (Wildman–Crippen MR) is 72.2 cm³/mol. The summed E-state index contributed by atoms with van der Waals surface area (Å²) in [5, 5.41) is 5.12. The summed E-state index contributed by atoms with van der Waals surface area (Å²) in [6, 6.07) is 4.65. The summed E-state index contributed by atoms with van der Waals surface area (Å²) in [6.07, 6.45) is 0. The minimum absolute atomic E-state index is 0.105. The van der Waals surface area contributed by atoms with Crippen LogP contribution in [0, 0.1) is 0 Å². The van der Waals surface area contributed by atoms with Crippen LogP contribution >= 0.6 is 0 Å². The van der Waals surface area contributed by atoms with Crippen molar-refractivity contribution in [1.82, 2.24) is 0 Å². The van der Waals surface area contributed by atoms with Crippen molar-refractivity contribution in [2.75, 3.05) is 6.61 Å². The Morgan fingerprint density at radius 3 is 2.50 bits per heavy atom. The van der Waals surface area contributed by atoms with Crippen LogP contribution in [0.5, 0.6) is 5.75 Å². The smallest absolute Gasteiger partial charge is 0.238 e. The molecule has 0 saturated heterocycles. The van der Waals surface area contributed by atoms with Crippen LogP contribution in [-0.2, 0) is 10.0 Å². The molecule has 4 nitrogen and oxygen atoms in total. The lowest BCUT2D eigenvalue weighted by atomic mass is 10.0. The van der Waals surface area contributed by atoms with E-state index in [0.29, 0.717) is 12.4 Å². The van der Waals surface area contributed by atoms with E-state index < -0.39 is 10.0 Å². The number of benzene rings is 1. The van der Waals surface area contributed by atoms with Gasteiger partial charge in [0.2, 0.25) is 10.0 Å². The van der Waals surface area contributed by atoms with Gasteiger partial charge in [-0.1, -0.05) is 20.4 Å². The molecule has 0 atom stereocenters. The van der Waals surface area contributed by atoms with Crippen molar-refractivity contribution in [3.8, 4) is 5.75 Å². The summed E-state index contributed by atoms with van der Waals surface area (Å²) >= 11 is 0. The summed E-state index contributed by atoms with van der Waals surface area (Å²) in [5.41, 5.74) is 1.73. The molecule has 0 aliphatic carbocycles. The zero-order valence-electron chi connectivity index (χ0n) is 10.9. The Kier molecular flexibility index (Phi) is 4.53. The molecule has 1 rings (SSSR count). The van der Waals surface area contributed by atoms with Gasteiger partial charge in [-0.2, -0.15) is 0 Å². The standard InChI is InChI=1S/C13H19NO3S/c1-9(2)8-17-13-6-5-11(18(14,15)16)7-12(13)10(3)4/h5-7,10H,1,8H2,2-4H3,(H2,14,15,16). The Bertz CT molecular complexity index is 547. The van der Waals surface area contributed by atoms with Gasteiger partial charge in [-0.15, -0.1) is 0 Å². The van der Waals surface area contributed by atoms with E-state index in [1.807, 2.05) is 20.8 Å². The van der Waals surface area contributed by atoms with Gasteiger partial charge in [-0.25, -0.2) is 13.6 Å². The van der Waals surface area contributed by atoms with Gasteiger partial charge < -0.3 is 4.74 Å². The molecule has 1 aromatic rings. The van der Waals surface area contributed by atoms with Gasteiger partial charge in [0.1, 0.15) is 12.4 Å². The van der Waals surface area contributed by atoms with E-state index in [1.165, 1.54) is 6.07 Å². The van der Waals surface area contributed by atoms with E-state index in [1.54, 1.807) is 12.1 Å². The summed E-state index contributed by atoms with van der Waals surface area (Å²) in [6.45, 7) is 9.98. The van der Waals surface area contributed by atoms with Gasteiger partial charge in [0, 0.05) is 0 Å². The van der Waals surface area contributed by atoms with Gasteiger partial charge in [-0.05, 0) is 42.2 Å². The second-order valence-electron chi connectivity index (χ2n) is 4.65. The normalized spacial score (nSPS) is 11.6. The first-order valence-corrected chi connectivity index (χ1v) is 7.20. The number of hydrogen-bond acceptors (Lipinski definition) is 3. The maximum atomic E-state index is 11.3. The molecular formula is C13H19NO3S. The predicted octanol–water partition coefficient (Wildman–Crippen LogP) is 2.41. The lowest BCUT2D eigenvalue weighted by Gasteiger charge is -2.15. The highest BCUT2D eigenvalue weighted by Gasteiger charge is 2.14. The molecule has 0 aromatic heterocycles. The maximum Gasteiger partial charge on any atom is 0.238 e. The highest BCUT2D eigenvalue weighted by atomic mass is 32.2. The van der Waals surface area contributed by atoms with Crippen LogP contribution < -0.4 is 9.88 Å². The Balaban J connectivity index is 3.17. The van der Waals surface area contributed by atoms with Crippen LogP contribution in [0.1, 0.15) is 32.3 Å². The Morgan fingerprint density at radius 2 is 2.06 bits per heavy atom. The Morgan fingerprint density at radius 1 is 1.44 bits per heavy atom. The van der Waals surface area contributed by atoms with E-state index in [0.717, 1.165) is 11.1 Å². The van der Waals surface area contributed by atoms with E-state index in [4.69, 9.17) is 9.88 Å². The van der Waals surface area contributed by atoms with Crippen molar-refractivity contribution in [3.63, 3.8) is 0 Å². The second-order valence-corrected chi connectivity index (χ2v) is 6.21. The van der Waals surface area contributed by atoms with E-state index in [2.05, 4.69) is 6.58 Å². The van der Waals surface area contributed by atoms with Crippen LogP contribution in [-0.4, -0.2) is 15.0 Å². The quantitative estimate of drug-likeness (QED) is 0.834. The molecule has 1 aromatic carbocycles. The molecule has 0 amide bonds. The number of ether oxygens (including phenoxy) is 1. The van der Waals surface area contributed by atoms with Gasteiger partial charge in [-0.3, -0.25) is 0 Å². The fourth-order valence-corrected chi connectivity index (χ4v) is 2.04. The first-order chi connectivity index (χ1) is 8.21. The van der Waals surface area contributed by atoms with Crippen LogP contribution in [0.15, 0.2) is 35.2 Å². The summed E-state index contributed by atoms with van der Waals surface area (Å²) in [5.74, 6) is 0.812. The number of nitrogens with two attached hydrogens (primary N) is 1. The molecule has 0 aliphatic heterocycles. The third kappa shape index (κ3) is 3.85. The molecule has 5 heteroatoms. The summed E-state index contributed by atoms with van der Waals surface area (Å²) in [4.78, 5) is 0.105. The molecule has 18 heavy (non-hydrogen) atoms. The van der Waals surface area contributed by atoms with Crippen molar-refractivity contribution < 1.29 is 13.2 Å². The minimum Gasteiger partial charge on any atom is -0.489 e. The largest absolute Gasteiger partial charge is 0.489 e. The number of rotatable bonds is 5. The molecule has 0 spiro atoms. The summed E-state index contributed by atoms with van der Waals surface area (Å²) in [7, 11) is -3.68. The van der Waals surface area contributed by atoms with E-state index >= 15 is 0 Å². The number of primary sulfonamides is 1. The maximum absolute atomic E-state index is 11.3. The van der Waals surface area contributed by atoms with Gasteiger partial charge in [0.25, 0.3) is 0 Å². The van der Waals surface area contributed by atoms with Crippen molar-refractivity contribution in [1.29, 1.82) is 0 Å². The van der Waals surface area contributed by atoms with Crippen LogP contribution in [0.3, 0.4) is 0 Å². The third-order valence-electron chi connectivity index (χ3n) is 2.41. The number of hydrogen-bond donors (Lipinski definition) is 1. The minimum atomic E-state index is -3.68. The molecule has 0 heterocycles. The molecule has 0 aliphatic rings. The van der Waals surface area contributed by atoms with Gasteiger partial charge >= 0.3 is 0 Å². The van der Waals surface area contributed by atoms with Crippen molar-refractivity contribution in [3.05, 3.63) is 35.9 Å². The van der Waals surface area contributed by atoms with Crippen molar-refractivity contribution in [2.45, 2.75) is 31.6 Å². The van der Waals surface area contributed by atoms with E-state index in [9.17, 15) is 8.42 Å². The monoisotopic (exact) mass is 269 g/mol. The molecule has 0 unspecified atom stereocenters. The van der Waals surface area contributed by atoms with Gasteiger partial charge in [0.15, 0.2) is 0 Å². The lowest BCUT2D eigenvalue weighted by Crippen LogP contribution is -2.13. The lowest BCUT2D eigenvalue weighted by molar-refractivity contribution is 0.347. The van der Waals surface area contributed by atoms with Crippen molar-refractivity contribution >= 4 is 10.0 Å². The van der Waals surface area contributed by atoms with E-state index in [-0.39, 0.29) is 10.8 Å². The third-order valence-corrected chi connectivity index (χ3v) is 3.32. The average molecular weight is 269 g/mol. The summed E-state index contributed by atoms with van der Waals surface area (Å²) < 4.78 is 28.2. The molecule has 0 radical (unpaired) electrons. The molecule has 0 saturated carbocycles. The first kappa shape index (κ1) is 14.7. The highest BCUT2D eigenvalue weighted by Crippen LogP contribution is 2.29. The molecular weight excluding hydrogens is 250 g/mol. The first-order valence-electron chi connectivity index (χ1n) is 5.65. The highest BCUT2D eigenvalue weighted by molar-refractivity contribution is 7.89. The number of sulfonamides is 1. The second kappa shape index (κ2) is 5.54. The fraction of sp³-hybridized carbons (Fsp3) is 0.385. The zero-order chi connectivity index (χ0) is 13.9. The molecule has 0 bridgehead atoms. The molecule has 2 N–H and O–H groups in total.